The number of carboxylic acid groups (broad SMARTS) is 1. The zero-order valence-corrected chi connectivity index (χ0v) is 41.1. The first kappa shape index (κ1) is 48.2. The number of hydrogen-bond acceptors (Lipinski definition) is 13. The lowest BCUT2D eigenvalue weighted by Crippen LogP contribution is -2.30. The number of esters is 1. The summed E-state index contributed by atoms with van der Waals surface area (Å²) < 4.78 is 26.8. The van der Waals surface area contributed by atoms with Gasteiger partial charge in [-0.3, -0.25) is 29.6 Å². The molecule has 2 aliphatic rings. The number of aromatic nitrogens is 6. The molecule has 2 amide bonds. The minimum Gasteiger partial charge on any atom is -0.496 e. The van der Waals surface area contributed by atoms with E-state index in [-0.39, 0.29) is 40.6 Å². The van der Waals surface area contributed by atoms with E-state index >= 15 is 0 Å². The van der Waals surface area contributed by atoms with Crippen molar-refractivity contribution in [2.24, 2.45) is 0 Å². The van der Waals surface area contributed by atoms with Gasteiger partial charge in [0.15, 0.2) is 34.3 Å². The highest BCUT2D eigenvalue weighted by molar-refractivity contribution is 6.12. The van der Waals surface area contributed by atoms with Crippen LogP contribution < -0.4 is 19.3 Å². The zero-order chi connectivity index (χ0) is 51.2. The summed E-state index contributed by atoms with van der Waals surface area (Å²) in [5, 5.41) is 31.5. The average Bonchev–Trinajstić information content (AvgIpc) is 4.23. The second-order valence-corrected chi connectivity index (χ2v) is 19.1. The lowest BCUT2D eigenvalue weighted by atomic mass is 9.85. The predicted molar refractivity (Wildman–Crippen MR) is 265 cm³/mol. The molecule has 6 heterocycles. The Labute approximate surface area is 413 Å². The quantitative estimate of drug-likeness (QED) is 0.102. The highest BCUT2D eigenvalue weighted by Crippen LogP contribution is 2.49. The molecule has 8 aromatic rings. The number of methoxy groups -OCH3 is 2. The highest BCUT2D eigenvalue weighted by atomic mass is 16.5. The van der Waals surface area contributed by atoms with Gasteiger partial charge in [-0.15, -0.1) is 0 Å². The van der Waals surface area contributed by atoms with Gasteiger partial charge in [-0.1, -0.05) is 88.3 Å². The summed E-state index contributed by atoms with van der Waals surface area (Å²) in [6, 6.07) is 31.8. The van der Waals surface area contributed by atoms with Gasteiger partial charge >= 0.3 is 11.9 Å². The van der Waals surface area contributed by atoms with E-state index in [1.54, 1.807) is 55.2 Å². The Bertz CT molecular complexity index is 3330. The van der Waals surface area contributed by atoms with Gasteiger partial charge in [0.25, 0.3) is 11.8 Å². The smallest absolute Gasteiger partial charge is 0.360 e. The third-order valence-electron chi connectivity index (χ3n) is 12.5. The second-order valence-electron chi connectivity index (χ2n) is 19.1. The SMILES string of the molecule is CCOC(=O)c1cc(-c2ccc(N3C(=O)c4n[nH]c(C(C)(C)C)c4C3c3ccccc3OC)cc2)on1.COc1ccccc1C1c2c(n[nH]c2C(C)(C)C)C(=O)N1c1ccc(-c2cc(C(=O)O)no2)cc1. The molecule has 18 nitrogen and oxygen atoms in total. The van der Waals surface area contributed by atoms with Gasteiger partial charge in [0.1, 0.15) is 11.5 Å². The van der Waals surface area contributed by atoms with Crippen LogP contribution in [0.3, 0.4) is 0 Å². The molecule has 10 rings (SSSR count). The number of fused-ring (bicyclic) bond motifs is 2. The van der Waals surface area contributed by atoms with Crippen LogP contribution in [0, 0.1) is 0 Å². The van der Waals surface area contributed by atoms with E-state index in [4.69, 9.17) is 28.4 Å². The van der Waals surface area contributed by atoms with Crippen LogP contribution in [0.5, 0.6) is 11.5 Å². The molecule has 0 radical (unpaired) electrons. The molecule has 0 saturated heterocycles. The van der Waals surface area contributed by atoms with E-state index in [0.717, 1.165) is 33.6 Å². The minimum atomic E-state index is -1.16. The van der Waals surface area contributed by atoms with E-state index < -0.39 is 24.0 Å². The fraction of sp³-hybridized carbons (Fsp3) is 0.259. The van der Waals surface area contributed by atoms with Crippen LogP contribution in [0.25, 0.3) is 22.6 Å². The van der Waals surface area contributed by atoms with Crippen LogP contribution in [0.15, 0.2) is 118 Å². The molecule has 0 saturated carbocycles. The number of ether oxygens (including phenoxy) is 3. The average molecular weight is 973 g/mol. The highest BCUT2D eigenvalue weighted by Gasteiger charge is 2.47. The van der Waals surface area contributed by atoms with Crippen molar-refractivity contribution in [1.29, 1.82) is 0 Å². The molecule has 4 aromatic heterocycles. The second kappa shape index (κ2) is 18.8. The van der Waals surface area contributed by atoms with Gasteiger partial charge in [-0.2, -0.15) is 10.2 Å². The monoisotopic (exact) mass is 972 g/mol. The number of aromatic carboxylic acids is 1. The summed E-state index contributed by atoms with van der Waals surface area (Å²) in [6.07, 6.45) is 0. The van der Waals surface area contributed by atoms with Crippen molar-refractivity contribution in [2.45, 2.75) is 71.4 Å². The van der Waals surface area contributed by atoms with Crippen LogP contribution in [0.2, 0.25) is 0 Å². The molecule has 2 unspecified atom stereocenters. The summed E-state index contributed by atoms with van der Waals surface area (Å²) in [5.74, 6) is -0.0217. The van der Waals surface area contributed by atoms with E-state index in [0.29, 0.717) is 56.9 Å². The first-order chi connectivity index (χ1) is 34.4. The van der Waals surface area contributed by atoms with Crippen molar-refractivity contribution in [3.63, 3.8) is 0 Å². The van der Waals surface area contributed by atoms with Crippen molar-refractivity contribution in [3.05, 3.63) is 166 Å². The molecule has 0 bridgehead atoms. The third kappa shape index (κ3) is 8.64. The lowest BCUT2D eigenvalue weighted by Gasteiger charge is -2.29. The Morgan fingerprint density at radius 2 is 1.03 bits per heavy atom. The van der Waals surface area contributed by atoms with E-state index in [1.165, 1.54) is 12.1 Å². The first-order valence-electron chi connectivity index (χ1n) is 23.1. The fourth-order valence-electron chi connectivity index (χ4n) is 9.13. The van der Waals surface area contributed by atoms with Crippen molar-refractivity contribution >= 4 is 35.1 Å². The molecule has 18 heteroatoms. The Hall–Kier alpha value is -8.80. The van der Waals surface area contributed by atoms with Crippen LogP contribution in [0.4, 0.5) is 11.4 Å². The standard InChI is InChI=1S/C28H28N4O5.C26H24N4O5/c1-6-36-27(34)19-15-21(37-31-19)16-11-13-17(14-12-16)32-24(18-9-7-8-10-20(18)35-5)22-23(26(32)33)29-30-25(22)28(2,3)4;1-26(2,3)23-20-21(27-28-23)24(31)30(22(20)16-7-5-6-8-18(16)34-4)15-11-9-14(10-12-15)19-13-17(25(32)33)29-35-19/h7-15,24H,6H2,1-5H3,(H,29,30);5-13,22H,1-4H3,(H,27,28)(H,32,33). The third-order valence-corrected chi connectivity index (χ3v) is 12.5. The first-order valence-corrected chi connectivity index (χ1v) is 23.1. The molecule has 72 heavy (non-hydrogen) atoms. The normalized spacial score (nSPS) is 15.2. The van der Waals surface area contributed by atoms with Crippen LogP contribution in [-0.2, 0) is 15.6 Å². The maximum Gasteiger partial charge on any atom is 0.360 e. The van der Waals surface area contributed by atoms with Crippen LogP contribution in [-0.4, -0.2) is 80.4 Å². The predicted octanol–water partition coefficient (Wildman–Crippen LogP) is 10.1. The number of aromatic amines is 2. The summed E-state index contributed by atoms with van der Waals surface area (Å²) in [6.45, 7) is 14.5. The van der Waals surface area contributed by atoms with E-state index in [9.17, 15) is 19.2 Å². The summed E-state index contributed by atoms with van der Waals surface area (Å²) >= 11 is 0. The summed E-state index contributed by atoms with van der Waals surface area (Å²) in [4.78, 5) is 53.9. The molecule has 4 aromatic carbocycles. The number of benzene rings is 4. The van der Waals surface area contributed by atoms with Gasteiger partial charge in [0.05, 0.1) is 32.9 Å². The number of nitrogens with zero attached hydrogens (tertiary/aromatic N) is 6. The lowest BCUT2D eigenvalue weighted by molar-refractivity contribution is 0.0513. The van der Waals surface area contributed by atoms with E-state index in [2.05, 4.69) is 72.3 Å². The zero-order valence-electron chi connectivity index (χ0n) is 41.1. The summed E-state index contributed by atoms with van der Waals surface area (Å²) in [5.41, 5.74) is 8.07. The Balaban J connectivity index is 0.000000178. The molecule has 0 aliphatic carbocycles. The molecule has 0 fully saturated rings. The fourth-order valence-corrected chi connectivity index (χ4v) is 9.13. The number of carbonyl (C=O) groups is 4. The molecule has 2 atom stereocenters. The maximum absolute atomic E-state index is 13.7. The molecule has 368 valence electrons. The Kier molecular flexibility index (Phi) is 12.6. The number of H-pyrrole nitrogens is 2. The van der Waals surface area contributed by atoms with Crippen LogP contribution >= 0.6 is 0 Å². The Morgan fingerprint density at radius 1 is 0.625 bits per heavy atom. The number of carbonyl (C=O) groups excluding carboxylic acids is 3. The Morgan fingerprint density at radius 3 is 1.40 bits per heavy atom. The molecule has 0 spiro atoms. The van der Waals surface area contributed by atoms with Gasteiger partial charge < -0.3 is 28.4 Å². The van der Waals surface area contributed by atoms with Gasteiger partial charge in [-0.05, 0) is 67.6 Å². The molecular weight excluding hydrogens is 921 g/mol. The van der Waals surface area contributed by atoms with Crippen molar-refractivity contribution in [1.82, 2.24) is 30.7 Å². The van der Waals surface area contributed by atoms with Crippen molar-refractivity contribution < 1.29 is 47.5 Å². The van der Waals surface area contributed by atoms with Crippen molar-refractivity contribution in [3.8, 4) is 34.1 Å². The number of anilines is 2. The van der Waals surface area contributed by atoms with Crippen LogP contribution in [0.1, 0.15) is 136 Å². The molecule has 2 aliphatic heterocycles. The van der Waals surface area contributed by atoms with Gasteiger partial charge in [0.2, 0.25) is 0 Å². The minimum absolute atomic E-state index is 0.104. The van der Waals surface area contributed by atoms with Crippen molar-refractivity contribution in [2.75, 3.05) is 30.6 Å². The summed E-state index contributed by atoms with van der Waals surface area (Å²) in [7, 11) is 3.23. The number of hydrogen-bond donors (Lipinski definition) is 3. The number of amides is 2. The molecular formula is C54H52N8O10. The maximum atomic E-state index is 13.7. The van der Waals surface area contributed by atoms with Gasteiger partial charge in [0, 0.05) is 79.1 Å². The number of para-hydroxylation sites is 2. The number of carboxylic acids is 1. The van der Waals surface area contributed by atoms with E-state index in [1.807, 2.05) is 72.8 Å². The number of rotatable bonds is 11. The van der Waals surface area contributed by atoms with Gasteiger partial charge in [-0.25, -0.2) is 9.59 Å². The largest absolute Gasteiger partial charge is 0.496 e. The number of nitrogens with one attached hydrogen (secondary N) is 2. The molecule has 3 N–H and O–H groups in total. The topological polar surface area (TPSA) is 232 Å².